The summed E-state index contributed by atoms with van der Waals surface area (Å²) in [6.45, 7) is 11.9. The van der Waals surface area contributed by atoms with Crippen LogP contribution in [0.1, 0.15) is 370 Å². The van der Waals surface area contributed by atoms with Gasteiger partial charge in [-0.05, 0) is 43.4 Å². The van der Waals surface area contributed by atoms with Gasteiger partial charge in [-0.3, -0.25) is 37.3 Å². The second-order valence-electron chi connectivity index (χ2n) is 27.1. The van der Waals surface area contributed by atoms with E-state index in [2.05, 4.69) is 48.5 Å². The van der Waals surface area contributed by atoms with Gasteiger partial charge in [0, 0.05) is 25.7 Å². The van der Waals surface area contributed by atoms with Crippen LogP contribution < -0.4 is 0 Å². The van der Waals surface area contributed by atoms with Gasteiger partial charge in [-0.1, -0.05) is 318 Å². The first-order valence-electron chi connectivity index (χ1n) is 38.0. The molecule has 5 unspecified atom stereocenters. The van der Waals surface area contributed by atoms with Crippen molar-refractivity contribution in [2.24, 2.45) is 17.8 Å². The third-order valence-corrected chi connectivity index (χ3v) is 19.9. The zero-order chi connectivity index (χ0) is 68.0. The fourth-order valence-corrected chi connectivity index (χ4v) is 12.6. The number of carbonyl (C=O) groups is 4. The molecule has 0 saturated heterocycles. The summed E-state index contributed by atoms with van der Waals surface area (Å²) in [5, 5.41) is 10.6. The number of rotatable bonds is 71. The summed E-state index contributed by atoms with van der Waals surface area (Å²) in [6, 6.07) is 0. The first kappa shape index (κ1) is 90.1. The Kier molecular flexibility index (Phi) is 62.4. The largest absolute Gasteiger partial charge is 0.472 e. The van der Waals surface area contributed by atoms with E-state index in [0.29, 0.717) is 25.7 Å². The number of unbranched alkanes of at least 4 members (excludes halogenated alkanes) is 36. The summed E-state index contributed by atoms with van der Waals surface area (Å²) >= 11 is 0. The SMILES string of the molecule is CCCCCCCCCCCCC(=O)OC[C@H](COP(=O)(O)OC[C@H](O)COP(=O)(O)OC[C@@H](COC(=O)CCCCCCCCCCC(C)CC)OC(=O)CCCCCCCCCCCCCCCCC(C)CC)OC(=O)CCCCCCCCCCC(C)CC. The van der Waals surface area contributed by atoms with Gasteiger partial charge in [0.05, 0.1) is 26.4 Å². The van der Waals surface area contributed by atoms with E-state index < -0.39 is 97.5 Å². The highest BCUT2D eigenvalue weighted by atomic mass is 31.2. The Bertz CT molecular complexity index is 1810. The van der Waals surface area contributed by atoms with Crippen molar-refractivity contribution in [3.8, 4) is 0 Å². The highest BCUT2D eigenvalue weighted by molar-refractivity contribution is 7.47. The predicted octanol–water partition coefficient (Wildman–Crippen LogP) is 21.0. The maximum atomic E-state index is 13.1. The molecule has 546 valence electrons. The third kappa shape index (κ3) is 62.8. The molecule has 8 atom stereocenters. The number of aliphatic hydroxyl groups excluding tert-OH is 1. The van der Waals surface area contributed by atoms with Crippen LogP contribution in [0.15, 0.2) is 0 Å². The zero-order valence-electron chi connectivity index (χ0n) is 60.0. The van der Waals surface area contributed by atoms with Gasteiger partial charge in [0.15, 0.2) is 12.2 Å². The Morgan fingerprint density at radius 1 is 0.304 bits per heavy atom. The molecule has 0 radical (unpaired) electrons. The van der Waals surface area contributed by atoms with Gasteiger partial charge in [0.1, 0.15) is 19.3 Å². The Hall–Kier alpha value is -1.94. The number of phosphoric ester groups is 2. The van der Waals surface area contributed by atoms with Gasteiger partial charge in [0.2, 0.25) is 0 Å². The van der Waals surface area contributed by atoms with Crippen LogP contribution in [0.2, 0.25) is 0 Å². The van der Waals surface area contributed by atoms with E-state index in [0.717, 1.165) is 108 Å². The summed E-state index contributed by atoms with van der Waals surface area (Å²) in [5.74, 6) is 0.270. The normalized spacial score (nSPS) is 15.0. The second-order valence-corrected chi connectivity index (χ2v) is 30.0. The number of phosphoric acid groups is 2. The molecule has 19 heteroatoms. The van der Waals surface area contributed by atoms with E-state index in [1.54, 1.807) is 0 Å². The number of hydrogen-bond donors (Lipinski definition) is 3. The molecule has 0 aliphatic heterocycles. The minimum absolute atomic E-state index is 0.105. The van der Waals surface area contributed by atoms with Crippen molar-refractivity contribution in [2.45, 2.75) is 388 Å². The molecule has 3 N–H and O–H groups in total. The zero-order valence-corrected chi connectivity index (χ0v) is 61.8. The lowest BCUT2D eigenvalue weighted by molar-refractivity contribution is -0.161. The fourth-order valence-electron chi connectivity index (χ4n) is 11.0. The van der Waals surface area contributed by atoms with Gasteiger partial charge in [-0.25, -0.2) is 9.13 Å². The van der Waals surface area contributed by atoms with E-state index in [1.165, 1.54) is 180 Å². The third-order valence-electron chi connectivity index (χ3n) is 18.0. The maximum Gasteiger partial charge on any atom is 0.472 e. The molecular weight excluding hydrogens is 1210 g/mol. The molecule has 0 aliphatic rings. The summed E-state index contributed by atoms with van der Waals surface area (Å²) in [6.07, 6.45) is 48.3. The number of carbonyl (C=O) groups excluding carboxylic acids is 4. The van der Waals surface area contributed by atoms with Crippen molar-refractivity contribution >= 4 is 39.5 Å². The average Bonchev–Trinajstić information content (AvgIpc) is 3.25. The van der Waals surface area contributed by atoms with Crippen LogP contribution >= 0.6 is 15.6 Å². The van der Waals surface area contributed by atoms with Crippen LogP contribution in [-0.4, -0.2) is 96.7 Å². The molecule has 0 spiro atoms. The molecule has 0 amide bonds. The number of ether oxygens (including phenoxy) is 4. The van der Waals surface area contributed by atoms with E-state index in [-0.39, 0.29) is 25.7 Å². The quantitative estimate of drug-likeness (QED) is 0.0222. The highest BCUT2D eigenvalue weighted by Gasteiger charge is 2.30. The van der Waals surface area contributed by atoms with E-state index in [4.69, 9.17) is 37.0 Å². The minimum Gasteiger partial charge on any atom is -0.462 e. The van der Waals surface area contributed by atoms with Crippen molar-refractivity contribution in [3.05, 3.63) is 0 Å². The Balaban J connectivity index is 5.25. The van der Waals surface area contributed by atoms with E-state index in [1.807, 2.05) is 0 Å². The highest BCUT2D eigenvalue weighted by Crippen LogP contribution is 2.45. The van der Waals surface area contributed by atoms with Crippen LogP contribution in [0.25, 0.3) is 0 Å². The number of aliphatic hydroxyl groups is 1. The lowest BCUT2D eigenvalue weighted by Crippen LogP contribution is -2.30. The maximum absolute atomic E-state index is 13.1. The lowest BCUT2D eigenvalue weighted by Gasteiger charge is -2.21. The first-order valence-corrected chi connectivity index (χ1v) is 41.0. The van der Waals surface area contributed by atoms with Crippen molar-refractivity contribution in [1.82, 2.24) is 0 Å². The van der Waals surface area contributed by atoms with Crippen molar-refractivity contribution in [3.63, 3.8) is 0 Å². The molecule has 0 aliphatic carbocycles. The molecule has 0 fully saturated rings. The molecule has 0 rings (SSSR count). The summed E-state index contributed by atoms with van der Waals surface area (Å²) in [4.78, 5) is 72.7. The molecule has 92 heavy (non-hydrogen) atoms. The summed E-state index contributed by atoms with van der Waals surface area (Å²) < 4.78 is 68.4. The first-order chi connectivity index (χ1) is 44.3. The van der Waals surface area contributed by atoms with Crippen molar-refractivity contribution < 1.29 is 80.2 Å². The minimum atomic E-state index is -4.96. The van der Waals surface area contributed by atoms with E-state index in [9.17, 15) is 43.2 Å². The van der Waals surface area contributed by atoms with Crippen LogP contribution in [0.4, 0.5) is 0 Å². The summed E-state index contributed by atoms with van der Waals surface area (Å²) in [5.41, 5.74) is 0. The monoisotopic (exact) mass is 1350 g/mol. The number of hydrogen-bond acceptors (Lipinski definition) is 15. The molecule has 0 bridgehead atoms. The molecule has 17 nitrogen and oxygen atoms in total. The van der Waals surface area contributed by atoms with Crippen LogP contribution in [0, 0.1) is 17.8 Å². The molecular formula is C73H142O17P2. The van der Waals surface area contributed by atoms with E-state index >= 15 is 0 Å². The standard InChI is InChI=1S/C73H142O17P2/c1-8-12-13-14-15-16-24-33-40-47-54-70(75)83-60-69(90-73(78)57-50-43-36-29-27-32-39-46-53-66(7)11-4)63-88-92(81,82)86-59-67(74)58-85-91(79,80)87-62-68(61-84-71(76)55-48-41-34-28-26-31-38-45-52-65(6)10-3)89-72(77)56-49-42-35-25-22-20-18-17-19-21-23-30-37-44-51-64(5)9-2/h64-69,74H,8-63H2,1-7H3,(H,79,80)(H,81,82)/t64?,65?,66?,67-,68-,69-/m1/s1. The fraction of sp³-hybridized carbons (Fsp3) is 0.945. The van der Waals surface area contributed by atoms with Gasteiger partial charge < -0.3 is 33.8 Å². The Morgan fingerprint density at radius 2 is 0.522 bits per heavy atom. The lowest BCUT2D eigenvalue weighted by atomic mass is 9.99. The van der Waals surface area contributed by atoms with Crippen LogP contribution in [0.3, 0.4) is 0 Å². The molecule has 0 saturated carbocycles. The molecule has 0 aromatic heterocycles. The van der Waals surface area contributed by atoms with Gasteiger partial charge in [-0.2, -0.15) is 0 Å². The smallest absolute Gasteiger partial charge is 0.462 e. The van der Waals surface area contributed by atoms with Crippen LogP contribution in [0.5, 0.6) is 0 Å². The predicted molar refractivity (Wildman–Crippen MR) is 372 cm³/mol. The molecule has 0 aromatic rings. The molecule has 0 aromatic carbocycles. The number of esters is 4. The molecule has 0 heterocycles. The van der Waals surface area contributed by atoms with Gasteiger partial charge in [0.25, 0.3) is 0 Å². The summed E-state index contributed by atoms with van der Waals surface area (Å²) in [7, 11) is -9.91. The van der Waals surface area contributed by atoms with Crippen LogP contribution in [-0.2, 0) is 65.4 Å². The van der Waals surface area contributed by atoms with Gasteiger partial charge >= 0.3 is 39.5 Å². The Morgan fingerprint density at radius 3 is 0.772 bits per heavy atom. The second kappa shape index (κ2) is 63.8. The van der Waals surface area contributed by atoms with Crippen molar-refractivity contribution in [1.29, 1.82) is 0 Å². The Labute approximate surface area is 562 Å². The average molecular weight is 1350 g/mol. The topological polar surface area (TPSA) is 237 Å². The van der Waals surface area contributed by atoms with Crippen molar-refractivity contribution in [2.75, 3.05) is 39.6 Å². The van der Waals surface area contributed by atoms with Gasteiger partial charge in [-0.15, -0.1) is 0 Å².